The Labute approximate surface area is 200 Å². The summed E-state index contributed by atoms with van der Waals surface area (Å²) in [7, 11) is 2.20. The number of hydrogen-bond acceptors (Lipinski definition) is 9. The number of nitrogens with one attached hydrogen (secondary N) is 3. The average Bonchev–Trinajstić information content (AvgIpc) is 3.25. The molecule has 5 N–H and O–H groups in total. The molecule has 0 amide bonds. The topological polar surface area (TPSA) is 120 Å². The van der Waals surface area contributed by atoms with E-state index in [1.807, 2.05) is 12.1 Å². The Hall–Kier alpha value is -3.11. The zero-order valence-corrected chi connectivity index (χ0v) is 20.2. The van der Waals surface area contributed by atoms with Gasteiger partial charge in [0.25, 0.3) is 0 Å². The van der Waals surface area contributed by atoms with Crippen molar-refractivity contribution in [3.8, 4) is 0 Å². The highest BCUT2D eigenvalue weighted by molar-refractivity contribution is 5.61. The van der Waals surface area contributed by atoms with Crippen molar-refractivity contribution in [3.63, 3.8) is 0 Å². The molecule has 2 atom stereocenters. The van der Waals surface area contributed by atoms with E-state index in [9.17, 15) is 0 Å². The monoisotopic (exact) mass is 465 g/mol. The fraction of sp³-hybridized carbons (Fsp3) is 0.542. The minimum Gasteiger partial charge on any atom is -0.414 e. The maximum atomic E-state index is 5.51. The lowest BCUT2D eigenvalue weighted by atomic mass is 10.0. The third-order valence-corrected chi connectivity index (χ3v) is 7.05. The molecule has 2 aliphatic heterocycles. The van der Waals surface area contributed by atoms with Crippen LogP contribution in [-0.4, -0.2) is 63.8 Å². The fourth-order valence-corrected chi connectivity index (χ4v) is 4.67. The van der Waals surface area contributed by atoms with Crippen LogP contribution in [0, 0.1) is 5.92 Å². The molecule has 1 aliphatic carbocycles. The van der Waals surface area contributed by atoms with Crippen LogP contribution in [0.1, 0.15) is 44.7 Å². The Balaban J connectivity index is 1.37. The summed E-state index contributed by atoms with van der Waals surface area (Å²) in [5.41, 5.74) is 2.12. The molecule has 3 fully saturated rings. The molecule has 10 nitrogen and oxygen atoms in total. The van der Waals surface area contributed by atoms with Gasteiger partial charge in [-0.3, -0.25) is 10.00 Å². The van der Waals surface area contributed by atoms with Crippen molar-refractivity contribution in [1.82, 2.24) is 25.1 Å². The van der Waals surface area contributed by atoms with Crippen molar-refractivity contribution in [2.24, 2.45) is 11.8 Å². The van der Waals surface area contributed by atoms with Crippen LogP contribution in [0.5, 0.6) is 0 Å². The molecule has 2 unspecified atom stereocenters. The van der Waals surface area contributed by atoms with Crippen molar-refractivity contribution in [3.05, 3.63) is 41.8 Å². The Morgan fingerprint density at radius 1 is 1.26 bits per heavy atom. The van der Waals surface area contributed by atoms with Crippen LogP contribution >= 0.6 is 0 Å². The van der Waals surface area contributed by atoms with E-state index in [1.165, 1.54) is 25.0 Å². The number of nitrogens with zero attached hydrogens (tertiary/aromatic N) is 5. The van der Waals surface area contributed by atoms with E-state index < -0.39 is 0 Å². The maximum absolute atomic E-state index is 5.51. The highest BCUT2D eigenvalue weighted by Gasteiger charge is 2.42. The summed E-state index contributed by atoms with van der Waals surface area (Å²) >= 11 is 0. The van der Waals surface area contributed by atoms with E-state index in [-0.39, 0.29) is 0 Å². The van der Waals surface area contributed by atoms with E-state index in [2.05, 4.69) is 64.2 Å². The number of likely N-dealkylation sites (tertiary alicyclic amines) is 1. The predicted molar refractivity (Wildman–Crippen MR) is 134 cm³/mol. The standard InChI is InChI=1S/C24H35N9O/c1-14(2)15(3)7-19(34-25)11-26-24-28-21(27-22-9-20(30-31-22)16-5-6-16)10-23(29-24)33-13-17-8-18(33)12-32(17)4/h7,9-10,14,16-18H,3,5-6,8,11-13,25H2,1-2,4H3,(H3,26,27,28,29,30,31)/b19-7-. The van der Waals surface area contributed by atoms with Crippen LogP contribution in [0.2, 0.25) is 0 Å². The van der Waals surface area contributed by atoms with Crippen molar-refractivity contribution >= 4 is 23.4 Å². The lowest BCUT2D eigenvalue weighted by Crippen LogP contribution is -2.45. The van der Waals surface area contributed by atoms with E-state index in [4.69, 9.17) is 20.7 Å². The second kappa shape index (κ2) is 9.27. The van der Waals surface area contributed by atoms with Crippen molar-refractivity contribution in [2.75, 3.05) is 42.2 Å². The number of hydrogen-bond donors (Lipinski definition) is 4. The first-order valence-corrected chi connectivity index (χ1v) is 12.1. The van der Waals surface area contributed by atoms with Crippen molar-refractivity contribution in [1.29, 1.82) is 0 Å². The minimum absolute atomic E-state index is 0.304. The second-order valence-electron chi connectivity index (χ2n) is 9.99. The summed E-state index contributed by atoms with van der Waals surface area (Å²) in [6, 6.07) is 5.12. The third-order valence-electron chi connectivity index (χ3n) is 7.05. The molecule has 2 saturated heterocycles. The lowest BCUT2D eigenvalue weighted by Gasteiger charge is -2.33. The molecule has 5 rings (SSSR count). The Kier molecular flexibility index (Phi) is 6.18. The Morgan fingerprint density at radius 2 is 2.09 bits per heavy atom. The van der Waals surface area contributed by atoms with Gasteiger partial charge in [0, 0.05) is 48.9 Å². The molecule has 2 aromatic heterocycles. The summed E-state index contributed by atoms with van der Waals surface area (Å²) in [5, 5.41) is 14.2. The molecule has 0 aromatic carbocycles. The highest BCUT2D eigenvalue weighted by atomic mass is 16.6. The van der Waals surface area contributed by atoms with Crippen molar-refractivity contribution < 1.29 is 4.84 Å². The van der Waals surface area contributed by atoms with Gasteiger partial charge in [-0.25, -0.2) is 0 Å². The number of allylic oxidation sites excluding steroid dienone is 2. The summed E-state index contributed by atoms with van der Waals surface area (Å²) in [4.78, 5) is 19.4. The average molecular weight is 466 g/mol. The number of piperazine rings is 1. The molecule has 0 radical (unpaired) electrons. The molecule has 3 aliphatic rings. The predicted octanol–water partition coefficient (Wildman–Crippen LogP) is 3.11. The Bertz CT molecular complexity index is 1070. The molecule has 34 heavy (non-hydrogen) atoms. The summed E-state index contributed by atoms with van der Waals surface area (Å²) in [6.07, 6.45) is 5.48. The summed E-state index contributed by atoms with van der Waals surface area (Å²) in [5.74, 6) is 9.87. The lowest BCUT2D eigenvalue weighted by molar-refractivity contribution is 0.219. The van der Waals surface area contributed by atoms with Gasteiger partial charge in [0.05, 0.1) is 6.54 Å². The number of anilines is 4. The first kappa shape index (κ1) is 22.7. The summed E-state index contributed by atoms with van der Waals surface area (Å²) in [6.45, 7) is 10.6. The molecule has 2 aromatic rings. The van der Waals surface area contributed by atoms with Crippen LogP contribution in [-0.2, 0) is 4.84 Å². The van der Waals surface area contributed by atoms with Gasteiger partial charge in [-0.15, -0.1) is 0 Å². The molecule has 10 heteroatoms. The largest absolute Gasteiger partial charge is 0.414 e. The second-order valence-corrected chi connectivity index (χ2v) is 9.99. The van der Waals surface area contributed by atoms with Gasteiger partial charge in [0.15, 0.2) is 5.82 Å². The quantitative estimate of drug-likeness (QED) is 0.238. The van der Waals surface area contributed by atoms with Crippen LogP contribution in [0.15, 0.2) is 36.1 Å². The van der Waals surface area contributed by atoms with E-state index in [0.717, 1.165) is 30.3 Å². The van der Waals surface area contributed by atoms with Gasteiger partial charge in [0.2, 0.25) is 5.95 Å². The zero-order valence-electron chi connectivity index (χ0n) is 20.2. The van der Waals surface area contributed by atoms with Crippen LogP contribution < -0.4 is 21.4 Å². The maximum Gasteiger partial charge on any atom is 0.227 e. The third kappa shape index (κ3) is 4.88. The molecular formula is C24H35N9O. The molecule has 0 spiro atoms. The van der Waals surface area contributed by atoms with Gasteiger partial charge >= 0.3 is 0 Å². The molecule has 1 saturated carbocycles. The number of rotatable bonds is 10. The van der Waals surface area contributed by atoms with Gasteiger partial charge in [-0.2, -0.15) is 21.0 Å². The number of H-pyrrole nitrogens is 1. The zero-order chi connectivity index (χ0) is 23.8. The number of nitrogens with two attached hydrogens (primary N) is 1. The van der Waals surface area contributed by atoms with Crippen LogP contribution in [0.3, 0.4) is 0 Å². The van der Waals surface area contributed by atoms with Gasteiger partial charge in [-0.05, 0) is 43.9 Å². The van der Waals surface area contributed by atoms with Crippen molar-refractivity contribution in [2.45, 2.75) is 51.1 Å². The molecule has 182 valence electrons. The normalized spacial score (nSPS) is 22.5. The number of aromatic amines is 1. The van der Waals surface area contributed by atoms with Crippen LogP contribution in [0.4, 0.5) is 23.4 Å². The smallest absolute Gasteiger partial charge is 0.227 e. The number of aromatic nitrogens is 4. The Morgan fingerprint density at radius 3 is 2.74 bits per heavy atom. The van der Waals surface area contributed by atoms with E-state index >= 15 is 0 Å². The van der Waals surface area contributed by atoms with Gasteiger partial charge in [-0.1, -0.05) is 20.4 Å². The van der Waals surface area contributed by atoms with Crippen LogP contribution in [0.25, 0.3) is 0 Å². The molecular weight excluding hydrogens is 430 g/mol. The van der Waals surface area contributed by atoms with E-state index in [0.29, 0.717) is 48.0 Å². The summed E-state index contributed by atoms with van der Waals surface area (Å²) < 4.78 is 0. The minimum atomic E-state index is 0.304. The SMILES string of the molecule is C=C(/C=C(/CNc1nc(Nc2cc(C3CC3)[nH]n2)cc(N2CC3CC2CN3C)n1)ON)C(C)C. The van der Waals surface area contributed by atoms with Gasteiger partial charge in [0.1, 0.15) is 17.4 Å². The fourth-order valence-electron chi connectivity index (χ4n) is 4.67. The number of fused-ring (bicyclic) bond motifs is 2. The molecule has 2 bridgehead atoms. The molecule has 4 heterocycles. The first-order chi connectivity index (χ1) is 16.4. The first-order valence-electron chi connectivity index (χ1n) is 12.1. The van der Waals surface area contributed by atoms with E-state index in [1.54, 1.807) is 0 Å². The number of likely N-dealkylation sites (N-methyl/N-ethyl adjacent to an activating group) is 1. The highest BCUT2D eigenvalue weighted by Crippen LogP contribution is 2.40. The van der Waals surface area contributed by atoms with Gasteiger partial charge < -0.3 is 20.4 Å².